The molecule has 0 unspecified atom stereocenters. The van der Waals surface area contributed by atoms with Crippen LogP contribution >= 0.6 is 0 Å². The number of rotatable bonds is 7. The zero-order chi connectivity index (χ0) is 22.4. The number of halogens is 1. The largest absolute Gasteiger partial charge is 0.325 e. The Hall–Kier alpha value is -3.70. The van der Waals surface area contributed by atoms with Crippen molar-refractivity contribution < 1.29 is 17.6 Å². The summed E-state index contributed by atoms with van der Waals surface area (Å²) in [4.78, 5) is 12.6. The molecule has 0 heterocycles. The van der Waals surface area contributed by atoms with Gasteiger partial charge in [0.2, 0.25) is 5.91 Å². The molecule has 0 aliphatic rings. The van der Waals surface area contributed by atoms with Crippen molar-refractivity contribution in [3.63, 3.8) is 0 Å². The van der Waals surface area contributed by atoms with E-state index in [0.29, 0.717) is 5.69 Å². The molecule has 0 aliphatic carbocycles. The number of aryl methyl sites for hydroxylation is 1. The molecule has 6 nitrogen and oxygen atoms in total. The molecule has 3 rings (SSSR count). The number of carbonyl (C=O) groups excluding carboxylic acids is 1. The topological polar surface area (TPSA) is 90.3 Å². The number of hydrogen-bond acceptors (Lipinski definition) is 4. The molecule has 3 aromatic carbocycles. The molecule has 0 atom stereocenters. The Kier molecular flexibility index (Phi) is 6.68. The van der Waals surface area contributed by atoms with Crippen molar-refractivity contribution in [2.45, 2.75) is 18.2 Å². The van der Waals surface area contributed by atoms with Crippen molar-refractivity contribution in [1.29, 1.82) is 5.26 Å². The zero-order valence-corrected chi connectivity index (χ0v) is 17.6. The summed E-state index contributed by atoms with van der Waals surface area (Å²) in [5, 5.41) is 11.3. The maximum atomic E-state index is 14.5. The monoisotopic (exact) mass is 437 g/mol. The number of sulfonamides is 1. The second-order valence-corrected chi connectivity index (χ2v) is 8.72. The summed E-state index contributed by atoms with van der Waals surface area (Å²) in [6, 6.07) is 20.2. The summed E-state index contributed by atoms with van der Waals surface area (Å²) in [5.74, 6) is -1.39. The fourth-order valence-electron chi connectivity index (χ4n) is 2.92. The van der Waals surface area contributed by atoms with Gasteiger partial charge >= 0.3 is 0 Å². The lowest BCUT2D eigenvalue weighted by atomic mass is 10.1. The molecule has 0 radical (unpaired) electrons. The summed E-state index contributed by atoms with van der Waals surface area (Å²) in [7, 11) is -4.20. The van der Waals surface area contributed by atoms with Crippen LogP contribution in [0.4, 0.5) is 15.8 Å². The number of nitrogens with zero attached hydrogens (tertiary/aromatic N) is 2. The van der Waals surface area contributed by atoms with Crippen molar-refractivity contribution >= 4 is 27.3 Å². The quantitative estimate of drug-likeness (QED) is 0.604. The van der Waals surface area contributed by atoms with Gasteiger partial charge in [-0.15, -0.1) is 0 Å². The average Bonchev–Trinajstić information content (AvgIpc) is 2.74. The van der Waals surface area contributed by atoms with Gasteiger partial charge in [0, 0.05) is 5.69 Å². The van der Waals surface area contributed by atoms with E-state index in [2.05, 4.69) is 5.32 Å². The van der Waals surface area contributed by atoms with Crippen LogP contribution in [-0.2, 0) is 21.2 Å². The van der Waals surface area contributed by atoms with Crippen molar-refractivity contribution in [1.82, 2.24) is 0 Å². The number of nitriles is 1. The maximum Gasteiger partial charge on any atom is 0.264 e. The second-order valence-electron chi connectivity index (χ2n) is 6.86. The molecule has 8 heteroatoms. The number of anilines is 2. The standard InChI is InChI=1S/C23H20FN3O3S/c1-17-6-12-20(13-7-17)31(29,30)27(22-5-3-2-4-21(22)24)16-23(28)26-19-10-8-18(9-11-19)14-15-25/h2-13H,14,16H2,1H3,(H,26,28). The van der Waals surface area contributed by atoms with Crippen LogP contribution in [0.25, 0.3) is 0 Å². The van der Waals surface area contributed by atoms with E-state index in [-0.39, 0.29) is 17.0 Å². The van der Waals surface area contributed by atoms with Crippen LogP contribution in [-0.4, -0.2) is 20.9 Å². The molecule has 0 fully saturated rings. The first kappa shape index (κ1) is 22.0. The van der Waals surface area contributed by atoms with Crippen LogP contribution in [0.1, 0.15) is 11.1 Å². The molecule has 0 bridgehead atoms. The summed E-state index contributed by atoms with van der Waals surface area (Å²) < 4.78 is 41.7. The highest BCUT2D eigenvalue weighted by Gasteiger charge is 2.29. The van der Waals surface area contributed by atoms with E-state index in [1.54, 1.807) is 36.4 Å². The summed E-state index contributed by atoms with van der Waals surface area (Å²) in [6.45, 7) is 1.21. The smallest absolute Gasteiger partial charge is 0.264 e. The van der Waals surface area contributed by atoms with E-state index in [4.69, 9.17) is 5.26 Å². The van der Waals surface area contributed by atoms with Crippen LogP contribution < -0.4 is 9.62 Å². The molecule has 1 amide bonds. The summed E-state index contributed by atoms with van der Waals surface area (Å²) in [6.07, 6.45) is 0.240. The number of benzene rings is 3. The first-order valence-electron chi connectivity index (χ1n) is 9.41. The highest BCUT2D eigenvalue weighted by molar-refractivity contribution is 7.92. The van der Waals surface area contributed by atoms with Crippen molar-refractivity contribution in [2.75, 3.05) is 16.2 Å². The number of amides is 1. The fourth-order valence-corrected chi connectivity index (χ4v) is 4.35. The maximum absolute atomic E-state index is 14.5. The number of hydrogen-bond donors (Lipinski definition) is 1. The van der Waals surface area contributed by atoms with E-state index in [9.17, 15) is 17.6 Å². The number of para-hydroxylation sites is 1. The normalized spacial score (nSPS) is 10.9. The SMILES string of the molecule is Cc1ccc(S(=O)(=O)N(CC(=O)Nc2ccc(CC#N)cc2)c2ccccc2F)cc1. The minimum atomic E-state index is -4.20. The fraction of sp³-hybridized carbons (Fsp3) is 0.130. The van der Waals surface area contributed by atoms with Crippen LogP contribution in [0.3, 0.4) is 0 Å². The first-order chi connectivity index (χ1) is 14.8. The molecule has 31 heavy (non-hydrogen) atoms. The van der Waals surface area contributed by atoms with Crippen LogP contribution in [0.2, 0.25) is 0 Å². The molecule has 1 N–H and O–H groups in total. The second kappa shape index (κ2) is 9.41. The van der Waals surface area contributed by atoms with Crippen molar-refractivity contribution in [3.8, 4) is 6.07 Å². The van der Waals surface area contributed by atoms with Crippen molar-refractivity contribution in [2.24, 2.45) is 0 Å². The molecule has 0 saturated heterocycles. The Bertz CT molecular complexity index is 1220. The third kappa shape index (κ3) is 5.27. The molecule has 0 aromatic heterocycles. The van der Waals surface area contributed by atoms with Gasteiger partial charge in [-0.3, -0.25) is 9.10 Å². The van der Waals surface area contributed by atoms with Crippen molar-refractivity contribution in [3.05, 3.63) is 89.7 Å². The van der Waals surface area contributed by atoms with E-state index >= 15 is 0 Å². The molecule has 158 valence electrons. The minimum absolute atomic E-state index is 0.0463. The Balaban J connectivity index is 1.90. The molecular formula is C23H20FN3O3S. The molecule has 0 spiro atoms. The third-order valence-corrected chi connectivity index (χ3v) is 6.31. The number of nitrogens with one attached hydrogen (secondary N) is 1. The van der Waals surface area contributed by atoms with Crippen LogP contribution in [0.5, 0.6) is 0 Å². The van der Waals surface area contributed by atoms with Crippen LogP contribution in [0, 0.1) is 24.1 Å². The van der Waals surface area contributed by atoms with E-state index in [1.807, 2.05) is 13.0 Å². The van der Waals surface area contributed by atoms with Gasteiger partial charge in [0.25, 0.3) is 10.0 Å². The molecule has 0 saturated carbocycles. The zero-order valence-electron chi connectivity index (χ0n) is 16.7. The number of carbonyl (C=O) groups is 1. The lowest BCUT2D eigenvalue weighted by molar-refractivity contribution is -0.114. The van der Waals surface area contributed by atoms with Gasteiger partial charge < -0.3 is 5.32 Å². The average molecular weight is 437 g/mol. The molecule has 3 aromatic rings. The lowest BCUT2D eigenvalue weighted by Gasteiger charge is -2.24. The van der Waals surface area contributed by atoms with E-state index in [1.165, 1.54) is 30.3 Å². The van der Waals surface area contributed by atoms with Gasteiger partial charge in [-0.25, -0.2) is 12.8 Å². The molecular weight excluding hydrogens is 417 g/mol. The van der Waals surface area contributed by atoms with Gasteiger partial charge in [-0.1, -0.05) is 42.0 Å². The highest BCUT2D eigenvalue weighted by Crippen LogP contribution is 2.26. The van der Waals surface area contributed by atoms with Gasteiger partial charge in [0.05, 0.1) is 23.1 Å². The van der Waals surface area contributed by atoms with Gasteiger partial charge in [-0.05, 0) is 48.9 Å². The van der Waals surface area contributed by atoms with Gasteiger partial charge in [-0.2, -0.15) is 5.26 Å². The van der Waals surface area contributed by atoms with Crippen LogP contribution in [0.15, 0.2) is 77.7 Å². The lowest BCUT2D eigenvalue weighted by Crippen LogP contribution is -2.38. The summed E-state index contributed by atoms with van der Waals surface area (Å²) >= 11 is 0. The minimum Gasteiger partial charge on any atom is -0.325 e. The highest BCUT2D eigenvalue weighted by atomic mass is 32.2. The van der Waals surface area contributed by atoms with Gasteiger partial charge in [0.15, 0.2) is 0 Å². The Morgan fingerprint density at radius 1 is 1.03 bits per heavy atom. The Morgan fingerprint density at radius 2 is 1.68 bits per heavy atom. The Morgan fingerprint density at radius 3 is 2.29 bits per heavy atom. The first-order valence-corrected chi connectivity index (χ1v) is 10.8. The summed E-state index contributed by atoms with van der Waals surface area (Å²) in [5.41, 5.74) is 1.87. The third-order valence-electron chi connectivity index (χ3n) is 4.54. The predicted molar refractivity (Wildman–Crippen MR) is 116 cm³/mol. The Labute approximate surface area is 180 Å². The predicted octanol–water partition coefficient (Wildman–Crippen LogP) is 4.03. The van der Waals surface area contributed by atoms with E-state index in [0.717, 1.165) is 21.5 Å². The van der Waals surface area contributed by atoms with Gasteiger partial charge in [0.1, 0.15) is 12.4 Å². The molecule has 0 aliphatic heterocycles. The van der Waals surface area contributed by atoms with E-state index < -0.39 is 28.3 Å².